The van der Waals surface area contributed by atoms with Gasteiger partial charge >= 0.3 is 6.18 Å². The van der Waals surface area contributed by atoms with Crippen LogP contribution in [-0.4, -0.2) is 9.78 Å². The van der Waals surface area contributed by atoms with Crippen molar-refractivity contribution in [2.75, 3.05) is 0 Å². The summed E-state index contributed by atoms with van der Waals surface area (Å²) in [4.78, 5) is 0. The van der Waals surface area contributed by atoms with Crippen LogP contribution in [0.1, 0.15) is 41.3 Å². The summed E-state index contributed by atoms with van der Waals surface area (Å²) in [6, 6.07) is 5.64. The minimum absolute atomic E-state index is 0.159. The summed E-state index contributed by atoms with van der Waals surface area (Å²) in [6.07, 6.45) is 0.619. The topological polar surface area (TPSA) is 29.9 Å². The maximum absolute atomic E-state index is 12.7. The number of hydrogen-bond acceptors (Lipinski definition) is 2. The van der Waals surface area contributed by atoms with Crippen LogP contribution in [0, 0.1) is 0 Å². The molecule has 1 aliphatic carbocycles. The fourth-order valence-electron chi connectivity index (χ4n) is 3.02. The molecule has 0 spiro atoms. The van der Waals surface area contributed by atoms with Gasteiger partial charge in [0.15, 0.2) is 0 Å². The zero-order valence-electron chi connectivity index (χ0n) is 12.3. The van der Waals surface area contributed by atoms with E-state index in [4.69, 9.17) is 0 Å². The molecular weight excluding hydrogens is 291 g/mol. The maximum Gasteiger partial charge on any atom is 0.416 e. The second-order valence-corrected chi connectivity index (χ2v) is 5.69. The van der Waals surface area contributed by atoms with E-state index in [9.17, 15) is 13.2 Å². The highest BCUT2D eigenvalue weighted by Crippen LogP contribution is 2.31. The van der Waals surface area contributed by atoms with E-state index in [0.29, 0.717) is 12.1 Å². The van der Waals surface area contributed by atoms with Gasteiger partial charge in [0.05, 0.1) is 11.8 Å². The summed E-state index contributed by atoms with van der Waals surface area (Å²) in [5.41, 5.74) is 2.43. The zero-order valence-corrected chi connectivity index (χ0v) is 12.3. The number of nitrogens with zero attached hydrogens (tertiary/aromatic N) is 2. The van der Waals surface area contributed by atoms with Crippen LogP contribution in [0.4, 0.5) is 13.2 Å². The Morgan fingerprint density at radius 1 is 1.36 bits per heavy atom. The van der Waals surface area contributed by atoms with Crippen molar-refractivity contribution in [3.8, 4) is 0 Å². The van der Waals surface area contributed by atoms with Gasteiger partial charge in [-0.15, -0.1) is 0 Å². The first-order chi connectivity index (χ1) is 10.4. The molecule has 1 aliphatic rings. The van der Waals surface area contributed by atoms with Crippen molar-refractivity contribution in [3.05, 3.63) is 52.8 Å². The van der Waals surface area contributed by atoms with Gasteiger partial charge in [-0.25, -0.2) is 0 Å². The van der Waals surface area contributed by atoms with Gasteiger partial charge in [-0.05, 0) is 30.9 Å². The third-order valence-electron chi connectivity index (χ3n) is 4.18. The van der Waals surface area contributed by atoms with Gasteiger partial charge < -0.3 is 5.32 Å². The molecule has 0 bridgehead atoms. The fraction of sp³-hybridized carbons (Fsp3) is 0.438. The molecule has 3 nitrogen and oxygen atoms in total. The number of benzene rings is 1. The highest BCUT2D eigenvalue weighted by Gasteiger charge is 2.30. The van der Waals surface area contributed by atoms with Crippen LogP contribution in [0.3, 0.4) is 0 Å². The number of aromatic nitrogens is 2. The quantitative estimate of drug-likeness (QED) is 0.939. The van der Waals surface area contributed by atoms with Gasteiger partial charge in [0.1, 0.15) is 0 Å². The summed E-state index contributed by atoms with van der Waals surface area (Å²) in [7, 11) is 1.92. The van der Waals surface area contributed by atoms with Gasteiger partial charge in [0.2, 0.25) is 0 Å². The molecule has 1 unspecified atom stereocenters. The van der Waals surface area contributed by atoms with E-state index in [-0.39, 0.29) is 6.04 Å². The monoisotopic (exact) mass is 309 g/mol. The number of aryl methyl sites for hydroxylation is 1. The van der Waals surface area contributed by atoms with Crippen molar-refractivity contribution in [1.82, 2.24) is 15.1 Å². The first-order valence-electron chi connectivity index (χ1n) is 7.35. The predicted octanol–water partition coefficient (Wildman–Crippen LogP) is 3.61. The average Bonchev–Trinajstić information content (AvgIpc) is 2.87. The van der Waals surface area contributed by atoms with Crippen LogP contribution in [0.5, 0.6) is 0 Å². The standard InChI is InChI=1S/C16H18F3N3/c1-22-15-7-3-6-14(13(15)10-21-22)20-9-11-4-2-5-12(8-11)16(17,18)19/h2,4-5,8,10,14,20H,3,6-7,9H2,1H3. The number of hydrogen-bond donors (Lipinski definition) is 1. The lowest BCUT2D eigenvalue weighted by Gasteiger charge is -2.24. The molecule has 1 heterocycles. The van der Waals surface area contributed by atoms with E-state index in [1.54, 1.807) is 6.07 Å². The SMILES string of the molecule is Cn1ncc2c1CCCC2NCc1cccc(C(F)(F)F)c1. The van der Waals surface area contributed by atoms with Gasteiger partial charge in [-0.1, -0.05) is 18.2 Å². The highest BCUT2D eigenvalue weighted by atomic mass is 19.4. The summed E-state index contributed by atoms with van der Waals surface area (Å²) < 4.78 is 40.1. The number of rotatable bonds is 3. The van der Waals surface area contributed by atoms with Crippen LogP contribution < -0.4 is 5.32 Å². The minimum atomic E-state index is -4.29. The Balaban J connectivity index is 1.71. The predicted molar refractivity (Wildman–Crippen MR) is 77.2 cm³/mol. The molecule has 1 N–H and O–H groups in total. The smallest absolute Gasteiger partial charge is 0.306 e. The molecule has 0 aliphatic heterocycles. The van der Waals surface area contributed by atoms with E-state index >= 15 is 0 Å². The lowest BCUT2D eigenvalue weighted by Crippen LogP contribution is -2.25. The summed E-state index contributed by atoms with van der Waals surface area (Å²) >= 11 is 0. The van der Waals surface area contributed by atoms with Crippen molar-refractivity contribution in [2.45, 2.75) is 38.0 Å². The van der Waals surface area contributed by atoms with E-state index in [1.807, 2.05) is 17.9 Å². The normalized spacial score (nSPS) is 18.3. The molecular formula is C16H18F3N3. The Labute approximate surface area is 127 Å². The number of nitrogens with one attached hydrogen (secondary N) is 1. The van der Waals surface area contributed by atoms with Crippen LogP contribution >= 0.6 is 0 Å². The third kappa shape index (κ3) is 3.02. The number of alkyl halides is 3. The largest absolute Gasteiger partial charge is 0.416 e. The van der Waals surface area contributed by atoms with Gasteiger partial charge in [-0.2, -0.15) is 18.3 Å². The van der Waals surface area contributed by atoms with Crippen LogP contribution in [0.2, 0.25) is 0 Å². The van der Waals surface area contributed by atoms with Crippen LogP contribution in [0.25, 0.3) is 0 Å². The zero-order chi connectivity index (χ0) is 15.7. The van der Waals surface area contributed by atoms with E-state index in [2.05, 4.69) is 10.4 Å². The molecule has 1 atom stereocenters. The number of fused-ring (bicyclic) bond motifs is 1. The lowest BCUT2D eigenvalue weighted by molar-refractivity contribution is -0.137. The van der Waals surface area contributed by atoms with Crippen molar-refractivity contribution in [3.63, 3.8) is 0 Å². The van der Waals surface area contributed by atoms with Gasteiger partial charge in [0, 0.05) is 30.9 Å². The second kappa shape index (κ2) is 5.76. The molecule has 1 aromatic heterocycles. The molecule has 22 heavy (non-hydrogen) atoms. The summed E-state index contributed by atoms with van der Waals surface area (Å²) in [6.45, 7) is 0.420. The molecule has 0 fully saturated rings. The first-order valence-corrected chi connectivity index (χ1v) is 7.35. The van der Waals surface area contributed by atoms with Crippen molar-refractivity contribution < 1.29 is 13.2 Å². The highest BCUT2D eigenvalue weighted by molar-refractivity contribution is 5.27. The van der Waals surface area contributed by atoms with Crippen LogP contribution in [0.15, 0.2) is 30.5 Å². The van der Waals surface area contributed by atoms with Gasteiger partial charge in [-0.3, -0.25) is 4.68 Å². The molecule has 0 radical (unpaired) electrons. The Morgan fingerprint density at radius 3 is 2.95 bits per heavy atom. The minimum Gasteiger partial charge on any atom is -0.306 e. The van der Waals surface area contributed by atoms with E-state index in [0.717, 1.165) is 25.3 Å². The van der Waals surface area contributed by atoms with Crippen molar-refractivity contribution >= 4 is 0 Å². The van der Waals surface area contributed by atoms with E-state index in [1.165, 1.54) is 23.4 Å². The average molecular weight is 309 g/mol. The third-order valence-corrected chi connectivity index (χ3v) is 4.18. The fourth-order valence-corrected chi connectivity index (χ4v) is 3.02. The summed E-state index contributed by atoms with van der Waals surface area (Å²) in [5.74, 6) is 0. The van der Waals surface area contributed by atoms with Crippen molar-refractivity contribution in [2.24, 2.45) is 7.05 Å². The molecule has 2 aromatic rings. The molecule has 6 heteroatoms. The second-order valence-electron chi connectivity index (χ2n) is 5.69. The Morgan fingerprint density at radius 2 is 2.18 bits per heavy atom. The van der Waals surface area contributed by atoms with E-state index < -0.39 is 11.7 Å². The summed E-state index contributed by atoms with van der Waals surface area (Å²) in [5, 5.41) is 7.64. The number of halogens is 3. The maximum atomic E-state index is 12.7. The first kappa shape index (κ1) is 15.1. The van der Waals surface area contributed by atoms with Gasteiger partial charge in [0.25, 0.3) is 0 Å². The Kier molecular flexibility index (Phi) is 3.95. The Hall–Kier alpha value is -1.82. The Bertz CT molecular complexity index is 661. The molecule has 0 saturated carbocycles. The molecule has 118 valence electrons. The van der Waals surface area contributed by atoms with Crippen LogP contribution in [-0.2, 0) is 26.2 Å². The molecule has 0 amide bonds. The van der Waals surface area contributed by atoms with Crippen molar-refractivity contribution in [1.29, 1.82) is 0 Å². The molecule has 0 saturated heterocycles. The molecule has 3 rings (SSSR count). The molecule has 1 aromatic carbocycles. The lowest BCUT2D eigenvalue weighted by atomic mass is 9.93.